The molecule has 0 atom stereocenters. The number of rotatable bonds is 1. The van der Waals surface area contributed by atoms with Crippen molar-refractivity contribution in [2.24, 2.45) is 0 Å². The molecule has 0 aliphatic rings. The first-order valence-corrected chi connectivity index (χ1v) is 5.87. The first-order chi connectivity index (χ1) is 11.8. The highest BCUT2D eigenvalue weighted by molar-refractivity contribution is 5.52. The molecule has 0 heterocycles. The van der Waals surface area contributed by atoms with E-state index >= 15 is 0 Å². The number of benzene rings is 2. The molecule has 2 N–H and O–H groups in total. The number of nitro groups is 1. The Morgan fingerprint density at radius 3 is 1.70 bits per heavy atom. The second-order valence-corrected chi connectivity index (χ2v) is 4.26. The van der Waals surface area contributed by atoms with Crippen LogP contribution < -0.4 is 5.73 Å². The van der Waals surface area contributed by atoms with Crippen molar-refractivity contribution in [2.45, 2.75) is 27.6 Å². The van der Waals surface area contributed by atoms with Crippen LogP contribution >= 0.6 is 0 Å². The number of nitrogens with zero attached hydrogens (tertiary/aromatic N) is 1. The Hall–Kier alpha value is -2.36. The number of nitrogen functional groups attached to an aromatic ring is 1. The third-order valence-corrected chi connectivity index (χ3v) is 2.73. The lowest BCUT2D eigenvalue weighted by Gasteiger charge is -2.00. The van der Waals surface area contributed by atoms with Crippen LogP contribution in [0.15, 0.2) is 36.4 Å². The van der Waals surface area contributed by atoms with Crippen LogP contribution in [0, 0.1) is 37.7 Å². The van der Waals surface area contributed by atoms with Gasteiger partial charge in [0.1, 0.15) is 0 Å². The fourth-order valence-corrected chi connectivity index (χ4v) is 1.66. The van der Waals surface area contributed by atoms with E-state index in [1.165, 1.54) is 18.2 Å². The zero-order valence-electron chi connectivity index (χ0n) is 17.3. The van der Waals surface area contributed by atoms with Gasteiger partial charge in [-0.3, -0.25) is 10.1 Å². The van der Waals surface area contributed by atoms with Gasteiger partial charge in [-0.2, -0.15) is 0 Å². The molecule has 0 spiro atoms. The monoisotopic (exact) mass is 278 g/mol. The van der Waals surface area contributed by atoms with Crippen molar-refractivity contribution in [3.63, 3.8) is 0 Å². The van der Waals surface area contributed by atoms with Gasteiger partial charge in [-0.05, 0) is 38.7 Å². The minimum absolute atomic E-state index is 0.115. The molecule has 2 aromatic carbocycles. The number of hydrogen-bond donors (Lipinski definition) is 1. The molecule has 4 nitrogen and oxygen atoms in total. The number of aryl methyl sites for hydroxylation is 4. The van der Waals surface area contributed by atoms with Crippen molar-refractivity contribution in [2.75, 3.05) is 5.73 Å². The molecular weight excluding hydrogens is 252 g/mol. The summed E-state index contributed by atoms with van der Waals surface area (Å²) < 4.78 is 43.1. The number of para-hydroxylation sites is 2. The SMILES string of the molecule is Cc1cccc(C)c1[N+](=O)[O-].[2H]C([2H])([2H])c1cccc(C([2H])([2H])[2H])c1N. The van der Waals surface area contributed by atoms with E-state index in [1.807, 2.05) is 6.07 Å². The highest BCUT2D eigenvalue weighted by Gasteiger charge is 2.11. The van der Waals surface area contributed by atoms with E-state index in [1.54, 1.807) is 26.0 Å². The van der Waals surface area contributed by atoms with E-state index in [9.17, 15) is 10.1 Å². The lowest BCUT2D eigenvalue weighted by molar-refractivity contribution is -0.386. The fourth-order valence-electron chi connectivity index (χ4n) is 1.66. The third-order valence-electron chi connectivity index (χ3n) is 2.73. The van der Waals surface area contributed by atoms with E-state index in [0.717, 1.165) is 11.1 Å². The quantitative estimate of drug-likeness (QED) is 0.485. The maximum atomic E-state index is 10.4. The largest absolute Gasteiger partial charge is 0.398 e. The fraction of sp³-hybridized carbons (Fsp3) is 0.250. The molecule has 2 aromatic rings. The van der Waals surface area contributed by atoms with Crippen LogP contribution in [0.5, 0.6) is 0 Å². The molecule has 0 saturated heterocycles. The van der Waals surface area contributed by atoms with Gasteiger partial charge in [0.15, 0.2) is 0 Å². The van der Waals surface area contributed by atoms with Crippen molar-refractivity contribution < 1.29 is 13.1 Å². The van der Waals surface area contributed by atoms with Crippen LogP contribution in [0.25, 0.3) is 0 Å². The lowest BCUT2D eigenvalue weighted by atomic mass is 10.1. The summed E-state index contributed by atoms with van der Waals surface area (Å²) in [5, 5.41) is 10.4. The molecule has 0 bridgehead atoms. The summed E-state index contributed by atoms with van der Waals surface area (Å²) in [6, 6.07) is 9.32. The average Bonchev–Trinajstić information content (AvgIpc) is 2.45. The van der Waals surface area contributed by atoms with Crippen LogP contribution in [-0.2, 0) is 0 Å². The Kier molecular flexibility index (Phi) is 2.93. The van der Waals surface area contributed by atoms with E-state index in [2.05, 4.69) is 0 Å². The summed E-state index contributed by atoms with van der Waals surface area (Å²) in [5.74, 6) is 0. The van der Waals surface area contributed by atoms with Crippen LogP contribution in [0.1, 0.15) is 30.5 Å². The second-order valence-electron chi connectivity index (χ2n) is 4.26. The van der Waals surface area contributed by atoms with Crippen molar-refractivity contribution in [1.82, 2.24) is 0 Å². The first kappa shape index (κ1) is 8.74. The number of hydrogen-bond acceptors (Lipinski definition) is 3. The van der Waals surface area contributed by atoms with Gasteiger partial charge in [-0.15, -0.1) is 0 Å². The average molecular weight is 278 g/mol. The molecule has 20 heavy (non-hydrogen) atoms. The molecule has 2 rings (SSSR count). The molecule has 0 unspecified atom stereocenters. The van der Waals surface area contributed by atoms with E-state index < -0.39 is 13.7 Å². The molecule has 0 saturated carbocycles. The molecule has 0 amide bonds. The van der Waals surface area contributed by atoms with Gasteiger partial charge in [0.2, 0.25) is 0 Å². The lowest BCUT2D eigenvalue weighted by Crippen LogP contribution is -1.93. The molecule has 0 aromatic heterocycles. The summed E-state index contributed by atoms with van der Waals surface area (Å²) >= 11 is 0. The predicted molar refractivity (Wildman–Crippen MR) is 82.9 cm³/mol. The smallest absolute Gasteiger partial charge is 0.275 e. The first-order valence-electron chi connectivity index (χ1n) is 8.87. The summed E-state index contributed by atoms with van der Waals surface area (Å²) in [4.78, 5) is 10.1. The highest BCUT2D eigenvalue weighted by Crippen LogP contribution is 2.21. The minimum atomic E-state index is -2.38. The van der Waals surface area contributed by atoms with Gasteiger partial charge >= 0.3 is 0 Å². The number of nitrogens with two attached hydrogens (primary N) is 1. The standard InChI is InChI=1S/C8H9NO2.C8H11N/c1-6-4-3-5-7(2)8(6)9(10)11;1-6-4-3-5-7(2)8(6)9/h3-5H,1-2H3;3-5H,9H2,1-2H3/i;1D3,2D3. The van der Waals surface area contributed by atoms with Crippen molar-refractivity contribution in [3.05, 3.63) is 68.8 Å². The van der Waals surface area contributed by atoms with Gasteiger partial charge in [0.25, 0.3) is 5.69 Å². The van der Waals surface area contributed by atoms with Crippen LogP contribution in [0.2, 0.25) is 0 Å². The molecule has 0 fully saturated rings. The second kappa shape index (κ2) is 6.70. The zero-order chi connectivity index (χ0) is 20.3. The molecule has 106 valence electrons. The van der Waals surface area contributed by atoms with Gasteiger partial charge in [0.05, 0.1) is 4.92 Å². The predicted octanol–water partition coefficient (Wildman–Crippen LogP) is 4.10. The Morgan fingerprint density at radius 1 is 1.00 bits per heavy atom. The molecule has 0 aliphatic carbocycles. The summed E-state index contributed by atoms with van der Waals surface area (Å²) in [7, 11) is 0. The number of anilines is 1. The van der Waals surface area contributed by atoms with Gasteiger partial charge in [-0.25, -0.2) is 0 Å². The van der Waals surface area contributed by atoms with E-state index in [4.69, 9.17) is 14.0 Å². The van der Waals surface area contributed by atoms with Crippen molar-refractivity contribution >= 4 is 11.4 Å². The minimum Gasteiger partial charge on any atom is -0.398 e. The van der Waals surface area contributed by atoms with Crippen molar-refractivity contribution in [3.8, 4) is 0 Å². The van der Waals surface area contributed by atoms with E-state index in [-0.39, 0.29) is 27.4 Å². The zero-order valence-corrected chi connectivity index (χ0v) is 11.3. The molecule has 4 heteroatoms. The summed E-state index contributed by atoms with van der Waals surface area (Å²) in [5.41, 5.74) is 6.80. The molecule has 0 radical (unpaired) electrons. The van der Waals surface area contributed by atoms with E-state index in [0.29, 0.717) is 0 Å². The van der Waals surface area contributed by atoms with Crippen molar-refractivity contribution in [1.29, 1.82) is 0 Å². The maximum Gasteiger partial charge on any atom is 0.275 e. The Bertz CT molecular complexity index is 748. The summed E-state index contributed by atoms with van der Waals surface area (Å²) in [6.45, 7) is -1.28. The molecule has 0 aliphatic heterocycles. The topological polar surface area (TPSA) is 69.2 Å². The van der Waals surface area contributed by atoms with Crippen LogP contribution in [-0.4, -0.2) is 4.92 Å². The van der Waals surface area contributed by atoms with Crippen LogP contribution in [0.3, 0.4) is 0 Å². The van der Waals surface area contributed by atoms with Gasteiger partial charge in [-0.1, -0.05) is 36.4 Å². The third kappa shape index (κ3) is 3.82. The Balaban J connectivity index is 0.000000273. The Morgan fingerprint density at radius 2 is 1.40 bits per heavy atom. The van der Waals surface area contributed by atoms with Gasteiger partial charge < -0.3 is 5.73 Å². The summed E-state index contributed by atoms with van der Waals surface area (Å²) in [6.07, 6.45) is 0. The van der Waals surface area contributed by atoms with Crippen LogP contribution in [0.4, 0.5) is 11.4 Å². The molecular formula is C16H20N2O2. The van der Waals surface area contributed by atoms with Gasteiger partial charge in [0, 0.05) is 25.0 Å². The number of nitro benzene ring substituents is 1. The highest BCUT2D eigenvalue weighted by atomic mass is 16.6. The normalized spacial score (nSPS) is 15.3. The maximum absolute atomic E-state index is 10.4. The Labute approximate surface area is 127 Å².